The molecule has 10 heteroatoms. The highest BCUT2D eigenvalue weighted by atomic mass is 16.6. The Kier molecular flexibility index (Phi) is 11.5. The number of likely N-dealkylation sites (tertiary alicyclic amines) is 1. The molecule has 4 atom stereocenters. The third kappa shape index (κ3) is 8.24. The zero-order chi connectivity index (χ0) is 25.8. The van der Waals surface area contributed by atoms with Crippen LogP contribution < -0.4 is 16.1 Å². The van der Waals surface area contributed by atoms with Gasteiger partial charge in [-0.15, -0.1) is 0 Å². The van der Waals surface area contributed by atoms with Crippen molar-refractivity contribution in [2.24, 2.45) is 5.92 Å². The minimum Gasteiger partial charge on any atom is -0.445 e. The van der Waals surface area contributed by atoms with E-state index in [1.807, 2.05) is 44.2 Å². The number of hydrogen-bond acceptors (Lipinski definition) is 6. The third-order valence-electron chi connectivity index (χ3n) is 6.38. The van der Waals surface area contributed by atoms with Crippen LogP contribution in [0.25, 0.3) is 0 Å². The van der Waals surface area contributed by atoms with Gasteiger partial charge in [-0.25, -0.2) is 10.3 Å². The minimum absolute atomic E-state index is 0.107. The molecule has 0 aromatic heterocycles. The van der Waals surface area contributed by atoms with Gasteiger partial charge in [0.15, 0.2) is 0 Å². The van der Waals surface area contributed by atoms with Crippen molar-refractivity contribution in [3.05, 3.63) is 35.9 Å². The lowest BCUT2D eigenvalue weighted by molar-refractivity contribution is -0.137. The Labute approximate surface area is 206 Å². The van der Waals surface area contributed by atoms with Crippen molar-refractivity contribution in [1.29, 1.82) is 0 Å². The molecule has 35 heavy (non-hydrogen) atoms. The van der Waals surface area contributed by atoms with E-state index in [0.717, 1.165) is 12.0 Å². The maximum atomic E-state index is 13.1. The predicted molar refractivity (Wildman–Crippen MR) is 129 cm³/mol. The van der Waals surface area contributed by atoms with Crippen molar-refractivity contribution in [3.8, 4) is 0 Å². The van der Waals surface area contributed by atoms with Crippen LogP contribution >= 0.6 is 0 Å². The Morgan fingerprint density at radius 3 is 2.46 bits per heavy atom. The molecule has 1 fully saturated rings. The van der Waals surface area contributed by atoms with Gasteiger partial charge in [0.05, 0.1) is 0 Å². The highest BCUT2D eigenvalue weighted by molar-refractivity contribution is 5.93. The van der Waals surface area contributed by atoms with Crippen LogP contribution in [0.2, 0.25) is 0 Å². The number of nitrogens with zero attached hydrogens (tertiary/aromatic N) is 1. The van der Waals surface area contributed by atoms with Crippen LogP contribution in [0.3, 0.4) is 0 Å². The maximum absolute atomic E-state index is 13.1. The SMILES string of the molecule is CCCC[C@H](NC(=O)[C@@H]1CCCN1C(=O)OCc1ccccc1)C(=O)N[C@H](C(=O)NO)[C@@H](C)CC. The second-order valence-corrected chi connectivity index (χ2v) is 8.94. The summed E-state index contributed by atoms with van der Waals surface area (Å²) in [5.74, 6) is -1.87. The van der Waals surface area contributed by atoms with E-state index in [9.17, 15) is 19.2 Å². The van der Waals surface area contributed by atoms with Crippen molar-refractivity contribution < 1.29 is 29.1 Å². The maximum Gasteiger partial charge on any atom is 0.410 e. The smallest absolute Gasteiger partial charge is 0.410 e. The van der Waals surface area contributed by atoms with E-state index < -0.39 is 41.9 Å². The average molecular weight is 491 g/mol. The average Bonchev–Trinajstić information content (AvgIpc) is 3.38. The Morgan fingerprint density at radius 1 is 1.11 bits per heavy atom. The van der Waals surface area contributed by atoms with Crippen LogP contribution in [0.15, 0.2) is 30.3 Å². The van der Waals surface area contributed by atoms with Gasteiger partial charge in [0, 0.05) is 6.54 Å². The molecule has 0 unspecified atom stereocenters. The monoisotopic (exact) mass is 490 g/mol. The summed E-state index contributed by atoms with van der Waals surface area (Å²) in [6.07, 6.45) is 3.03. The zero-order valence-electron chi connectivity index (χ0n) is 20.8. The number of amides is 4. The summed E-state index contributed by atoms with van der Waals surface area (Å²) in [5.41, 5.74) is 2.44. The van der Waals surface area contributed by atoms with Crippen molar-refractivity contribution in [2.75, 3.05) is 6.54 Å². The Morgan fingerprint density at radius 2 is 1.83 bits per heavy atom. The fraction of sp³-hybridized carbons (Fsp3) is 0.600. The largest absolute Gasteiger partial charge is 0.445 e. The Bertz CT molecular complexity index is 850. The van der Waals surface area contributed by atoms with E-state index in [4.69, 9.17) is 9.94 Å². The minimum atomic E-state index is -0.936. The molecule has 0 bridgehead atoms. The predicted octanol–water partition coefficient (Wildman–Crippen LogP) is 2.50. The summed E-state index contributed by atoms with van der Waals surface area (Å²) >= 11 is 0. The molecule has 1 heterocycles. The first-order valence-electron chi connectivity index (χ1n) is 12.3. The molecule has 0 aliphatic carbocycles. The van der Waals surface area contributed by atoms with E-state index >= 15 is 0 Å². The van der Waals surface area contributed by atoms with E-state index in [-0.39, 0.29) is 12.5 Å². The molecule has 4 amide bonds. The fourth-order valence-corrected chi connectivity index (χ4v) is 4.03. The molecule has 1 aromatic rings. The number of nitrogens with one attached hydrogen (secondary N) is 3. The molecule has 1 aliphatic rings. The van der Waals surface area contributed by atoms with Crippen molar-refractivity contribution >= 4 is 23.8 Å². The van der Waals surface area contributed by atoms with Gasteiger partial charge in [-0.1, -0.05) is 70.4 Å². The quantitative estimate of drug-likeness (QED) is 0.262. The van der Waals surface area contributed by atoms with Gasteiger partial charge in [0.25, 0.3) is 5.91 Å². The molecule has 194 valence electrons. The highest BCUT2D eigenvalue weighted by Crippen LogP contribution is 2.20. The third-order valence-corrected chi connectivity index (χ3v) is 6.38. The molecule has 10 nitrogen and oxygen atoms in total. The molecule has 1 saturated heterocycles. The van der Waals surface area contributed by atoms with Crippen LogP contribution in [0, 0.1) is 5.92 Å². The van der Waals surface area contributed by atoms with Gasteiger partial charge >= 0.3 is 6.09 Å². The van der Waals surface area contributed by atoms with Crippen LogP contribution in [-0.2, 0) is 25.7 Å². The number of ether oxygens (including phenoxy) is 1. The first kappa shape index (κ1) is 28.1. The first-order valence-corrected chi connectivity index (χ1v) is 12.3. The molecule has 0 spiro atoms. The number of unbranched alkanes of at least 4 members (excludes halogenated alkanes) is 1. The summed E-state index contributed by atoms with van der Waals surface area (Å²) in [6, 6.07) is 6.74. The lowest BCUT2D eigenvalue weighted by atomic mass is 9.97. The van der Waals surface area contributed by atoms with E-state index in [1.165, 1.54) is 4.90 Å². The lowest BCUT2D eigenvalue weighted by Gasteiger charge is -2.28. The van der Waals surface area contributed by atoms with Crippen LogP contribution in [-0.4, -0.2) is 58.6 Å². The molecule has 1 aliphatic heterocycles. The van der Waals surface area contributed by atoms with Crippen LogP contribution in [0.4, 0.5) is 4.79 Å². The molecule has 4 N–H and O–H groups in total. The lowest BCUT2D eigenvalue weighted by Crippen LogP contribution is -2.57. The van der Waals surface area contributed by atoms with E-state index in [1.54, 1.807) is 12.4 Å². The Balaban J connectivity index is 2.04. The fourth-order valence-electron chi connectivity index (χ4n) is 4.03. The molecular formula is C25H38N4O6. The highest BCUT2D eigenvalue weighted by Gasteiger charge is 2.37. The number of hydrogen-bond donors (Lipinski definition) is 4. The number of rotatable bonds is 12. The second-order valence-electron chi connectivity index (χ2n) is 8.94. The molecular weight excluding hydrogens is 452 g/mol. The zero-order valence-corrected chi connectivity index (χ0v) is 20.8. The number of carbonyl (C=O) groups is 4. The summed E-state index contributed by atoms with van der Waals surface area (Å²) in [4.78, 5) is 52.3. The van der Waals surface area contributed by atoms with E-state index in [2.05, 4.69) is 10.6 Å². The van der Waals surface area contributed by atoms with E-state index in [0.29, 0.717) is 38.6 Å². The number of hydroxylamine groups is 1. The van der Waals surface area contributed by atoms with Crippen molar-refractivity contribution in [2.45, 2.75) is 84.0 Å². The van der Waals surface area contributed by atoms with Gasteiger partial charge in [0.1, 0.15) is 24.7 Å². The molecule has 0 saturated carbocycles. The van der Waals surface area contributed by atoms with Gasteiger partial charge in [-0.05, 0) is 30.7 Å². The van der Waals surface area contributed by atoms with Gasteiger partial charge in [0.2, 0.25) is 11.8 Å². The van der Waals surface area contributed by atoms with Gasteiger partial charge < -0.3 is 15.4 Å². The van der Waals surface area contributed by atoms with Crippen molar-refractivity contribution in [3.63, 3.8) is 0 Å². The number of carbonyl (C=O) groups excluding carboxylic acids is 4. The summed E-state index contributed by atoms with van der Waals surface area (Å²) in [6.45, 7) is 6.13. The Hall–Kier alpha value is -3.14. The molecule has 1 aromatic carbocycles. The second kappa shape index (κ2) is 14.3. The summed E-state index contributed by atoms with van der Waals surface area (Å²) in [7, 11) is 0. The van der Waals surface area contributed by atoms with Crippen LogP contribution in [0.5, 0.6) is 0 Å². The van der Waals surface area contributed by atoms with Gasteiger partial charge in [-0.2, -0.15) is 0 Å². The standard InChI is InChI=1S/C25H38N4O6/c1-4-6-13-19(22(30)27-21(17(3)5-2)24(32)28-34)26-23(31)20-14-10-15-29(20)25(33)35-16-18-11-8-7-9-12-18/h7-9,11-12,17,19-21,34H,4-6,10,13-16H2,1-3H3,(H,26,31)(H,27,30)(H,28,32)/t17-,19-,20-,21-/m0/s1. The molecule has 2 rings (SSSR count). The van der Waals surface area contributed by atoms with Gasteiger partial charge in [-0.3, -0.25) is 24.5 Å². The van der Waals surface area contributed by atoms with Crippen LogP contribution in [0.1, 0.15) is 64.9 Å². The molecule has 0 radical (unpaired) electrons. The number of benzene rings is 1. The summed E-state index contributed by atoms with van der Waals surface area (Å²) < 4.78 is 5.40. The first-order chi connectivity index (χ1) is 16.8. The normalized spacial score (nSPS) is 17.7. The van der Waals surface area contributed by atoms with Crippen molar-refractivity contribution in [1.82, 2.24) is 21.0 Å². The summed E-state index contributed by atoms with van der Waals surface area (Å²) in [5, 5.41) is 14.5. The topological polar surface area (TPSA) is 137 Å².